The van der Waals surface area contributed by atoms with Crippen LogP contribution < -0.4 is 39.2 Å². The molecule has 0 atom stereocenters. The van der Waals surface area contributed by atoms with Gasteiger partial charge in [0.1, 0.15) is 0 Å². The van der Waals surface area contributed by atoms with Crippen molar-refractivity contribution in [1.29, 1.82) is 0 Å². The van der Waals surface area contributed by atoms with Crippen molar-refractivity contribution in [3.8, 4) is 0 Å². The van der Waals surface area contributed by atoms with Gasteiger partial charge in [0, 0.05) is 0 Å². The van der Waals surface area contributed by atoms with Gasteiger partial charge >= 0.3 is 383 Å². The van der Waals surface area contributed by atoms with E-state index in [4.69, 9.17) is 4.91 Å². The van der Waals surface area contributed by atoms with Crippen molar-refractivity contribution in [2.75, 3.05) is 0 Å². The Morgan fingerprint density at radius 3 is 0.383 bits per heavy atom. The Hall–Kier alpha value is -5.12. The number of benzene rings is 9. The number of hydrogen-bond donors (Lipinski definition) is 0. The topological polar surface area (TPSA) is 29.4 Å². The number of rotatable bonds is 9. The third kappa shape index (κ3) is 13.4. The molecule has 6 heteroatoms. The van der Waals surface area contributed by atoms with Crippen molar-refractivity contribution < 1.29 is 18.5 Å². The molecule has 0 heterocycles. The van der Waals surface area contributed by atoms with Crippen molar-refractivity contribution in [3.63, 3.8) is 0 Å². The normalized spacial score (nSPS) is 10.3. The van der Waals surface area contributed by atoms with E-state index in [-0.39, 0.29) is 0 Å². The van der Waals surface area contributed by atoms with Crippen LogP contribution in [-0.2, 0) is 18.5 Å². The first-order valence-corrected chi connectivity index (χ1v) is 28.7. The average Bonchev–Trinajstić information content (AvgIpc) is 3.33. The van der Waals surface area contributed by atoms with Gasteiger partial charge in [0.15, 0.2) is 0 Å². The van der Waals surface area contributed by atoms with E-state index in [1.165, 1.54) is 39.2 Å². The van der Waals surface area contributed by atoms with Gasteiger partial charge in [-0.3, -0.25) is 0 Å². The van der Waals surface area contributed by atoms with Gasteiger partial charge < -0.3 is 0 Å². The molecular weight excluding hydrogens is 1010 g/mol. The maximum absolute atomic E-state index is 8.51. The zero-order valence-electron chi connectivity index (χ0n) is 33.0. The van der Waals surface area contributed by atoms with Crippen LogP contribution in [0.4, 0.5) is 0 Å². The van der Waals surface area contributed by atoms with Crippen molar-refractivity contribution in [2.24, 2.45) is 3.92 Å². The van der Waals surface area contributed by atoms with E-state index >= 15 is 0 Å². The molecule has 0 aliphatic heterocycles. The molecule has 0 spiro atoms. The van der Waals surface area contributed by atoms with Gasteiger partial charge in [0.25, 0.3) is 0 Å². The molecule has 9 aromatic carbocycles. The van der Waals surface area contributed by atoms with E-state index in [2.05, 4.69) is 277 Å². The molecule has 0 bridgehead atoms. The fraction of sp³-hybridized carbons (Fsp3) is 0. The van der Waals surface area contributed by atoms with Gasteiger partial charge in [-0.05, 0) is 0 Å². The van der Waals surface area contributed by atoms with Crippen molar-refractivity contribution in [2.45, 2.75) is 0 Å². The Morgan fingerprint density at radius 1 is 0.217 bits per heavy atom. The van der Waals surface area contributed by atoms with Gasteiger partial charge in [-0.1, -0.05) is 0 Å². The van der Waals surface area contributed by atoms with Gasteiger partial charge in [0.05, 0.1) is 0 Å². The minimum absolute atomic E-state index is 1.39. The van der Waals surface area contributed by atoms with E-state index in [1.807, 2.05) is 0 Å². The molecule has 9 rings (SSSR count). The predicted octanol–water partition coefficient (Wildman–Crippen LogP) is 6.82. The molecule has 0 aliphatic rings. The molecule has 2 nitrogen and oxygen atoms in total. The van der Waals surface area contributed by atoms with Crippen LogP contribution in [0.5, 0.6) is 0 Å². The number of nitrogens with zero attached hydrogens (tertiary/aromatic N) is 1. The number of hydrogen-bond acceptors (Lipinski definition) is 2. The average molecular weight is 1050 g/mol. The molecule has 296 valence electrons. The maximum atomic E-state index is 8.51. The zero-order chi connectivity index (χ0) is 41.5. The minimum atomic E-state index is -1.39. The van der Waals surface area contributed by atoms with Crippen LogP contribution in [0.15, 0.2) is 277 Å². The van der Waals surface area contributed by atoms with Crippen molar-refractivity contribution >= 4 is 83.1 Å². The van der Waals surface area contributed by atoms with Gasteiger partial charge in [-0.2, -0.15) is 0 Å². The van der Waals surface area contributed by atoms with E-state index < -0.39 is 44.0 Å². The summed E-state index contributed by atoms with van der Waals surface area (Å²) in [7, 11) is 0. The SMILES string of the molecule is O=[N][Rh].c1ccc([As](c2ccccc2)c2ccccc2)cc1.c1ccc([As](c2ccccc2)c2ccccc2)cc1.c1ccc([As](c2ccccc2)c2ccccc2)cc1. The quantitative estimate of drug-likeness (QED) is 0.115. The van der Waals surface area contributed by atoms with Gasteiger partial charge in [-0.25, -0.2) is 0 Å². The molecule has 0 saturated heterocycles. The molecule has 0 aromatic heterocycles. The number of nitroso groups, excluding NO2 is 1. The van der Waals surface area contributed by atoms with Crippen LogP contribution in [-0.4, -0.2) is 44.0 Å². The fourth-order valence-electron chi connectivity index (χ4n) is 6.54. The summed E-state index contributed by atoms with van der Waals surface area (Å²) in [6.07, 6.45) is 0. The molecule has 0 saturated carbocycles. The molecule has 0 fully saturated rings. The monoisotopic (exact) mass is 1050 g/mol. The van der Waals surface area contributed by atoms with Crippen LogP contribution in [0.25, 0.3) is 0 Å². The van der Waals surface area contributed by atoms with Crippen LogP contribution >= 0.6 is 0 Å². The Kier molecular flexibility index (Phi) is 18.9. The van der Waals surface area contributed by atoms with Crippen LogP contribution in [0.2, 0.25) is 0 Å². The third-order valence-corrected chi connectivity index (χ3v) is 24.5. The van der Waals surface area contributed by atoms with Crippen molar-refractivity contribution in [1.82, 2.24) is 0 Å². The fourth-order valence-corrected chi connectivity index (χ4v) is 21.0. The summed E-state index contributed by atoms with van der Waals surface area (Å²) < 4.78 is 15.5. The molecular formula is C54H45As3NORh. The van der Waals surface area contributed by atoms with Crippen LogP contribution in [0.3, 0.4) is 0 Å². The van der Waals surface area contributed by atoms with Crippen LogP contribution in [0, 0.1) is 4.91 Å². The van der Waals surface area contributed by atoms with E-state index in [0.717, 1.165) is 0 Å². The first-order valence-electron chi connectivity index (χ1n) is 19.5. The molecule has 0 unspecified atom stereocenters. The molecule has 60 heavy (non-hydrogen) atoms. The first kappa shape index (κ1) is 44.4. The second-order valence-corrected chi connectivity index (χ2v) is 27.4. The van der Waals surface area contributed by atoms with Crippen molar-refractivity contribution in [3.05, 3.63) is 278 Å². The van der Waals surface area contributed by atoms with Gasteiger partial charge in [-0.15, -0.1) is 0 Å². The second kappa shape index (κ2) is 25.5. The van der Waals surface area contributed by atoms with E-state index in [0.29, 0.717) is 0 Å². The van der Waals surface area contributed by atoms with E-state index in [1.54, 1.807) is 18.5 Å². The molecule has 0 radical (unpaired) electrons. The summed E-state index contributed by atoms with van der Waals surface area (Å²) in [5.74, 6) is 0. The van der Waals surface area contributed by atoms with E-state index in [9.17, 15) is 0 Å². The summed E-state index contributed by atoms with van der Waals surface area (Å²) in [4.78, 5) is 8.51. The summed E-state index contributed by atoms with van der Waals surface area (Å²) in [6.45, 7) is 0. The Morgan fingerprint density at radius 2 is 0.300 bits per heavy atom. The summed E-state index contributed by atoms with van der Waals surface area (Å²) >= 11 is -2.38. The predicted molar refractivity (Wildman–Crippen MR) is 258 cm³/mol. The summed E-state index contributed by atoms with van der Waals surface area (Å²) in [5.41, 5.74) is 0. The standard InChI is InChI=1S/3C18H15As.NO.Rh/c3*1-4-10-16(11-5-1)19(17-12-6-2-7-13-17)18-14-8-3-9-15-18;1-2;/h3*1-15H;;/q;;;-1;+1. The first-order chi connectivity index (χ1) is 29.8. The van der Waals surface area contributed by atoms with Crippen LogP contribution in [0.1, 0.15) is 0 Å². The van der Waals surface area contributed by atoms with Gasteiger partial charge in [0.2, 0.25) is 0 Å². The third-order valence-electron chi connectivity index (χ3n) is 9.13. The Labute approximate surface area is 380 Å². The molecule has 0 N–H and O–H groups in total. The molecule has 0 amide bonds. The Bertz CT molecular complexity index is 1930. The Balaban J connectivity index is 0.000000146. The summed E-state index contributed by atoms with van der Waals surface area (Å²) in [5, 5.41) is 0. The zero-order valence-corrected chi connectivity index (χ0v) is 40.3. The molecule has 0 aliphatic carbocycles. The molecule has 9 aromatic rings. The second-order valence-electron chi connectivity index (χ2n) is 13.1. The summed E-state index contributed by atoms with van der Waals surface area (Å²) in [6, 6.07) is 98.1.